The van der Waals surface area contributed by atoms with Crippen LogP contribution in [0.5, 0.6) is 0 Å². The van der Waals surface area contributed by atoms with E-state index in [9.17, 15) is 14.0 Å². The first-order valence-electron chi connectivity index (χ1n) is 9.81. The fraction of sp³-hybridized carbons (Fsp3) is 0.250. The normalized spacial score (nSPS) is 17.2. The number of imide groups is 1. The minimum atomic E-state index is -0.574. The van der Waals surface area contributed by atoms with Crippen LogP contribution >= 0.6 is 0 Å². The van der Waals surface area contributed by atoms with Crippen LogP contribution in [-0.2, 0) is 11.3 Å². The molecule has 4 N–H and O–H groups in total. The molecule has 10 nitrogen and oxygen atoms in total. The largest absolute Gasteiger partial charge is 0.351 e. The molecule has 1 aromatic carbocycles. The Morgan fingerprint density at radius 3 is 2.81 bits per heavy atom. The van der Waals surface area contributed by atoms with Crippen LogP contribution in [0.2, 0.25) is 0 Å². The number of nitrogens with one attached hydrogen (secondary N) is 4. The molecule has 3 aromatic rings. The van der Waals surface area contributed by atoms with E-state index in [1.165, 1.54) is 12.1 Å². The molecule has 3 amide bonds. The maximum absolute atomic E-state index is 13.5. The zero-order chi connectivity index (χ0) is 21.5. The van der Waals surface area contributed by atoms with Gasteiger partial charge >= 0.3 is 6.03 Å². The smallest absolute Gasteiger partial charge is 0.326 e. The standard InChI is InChI=1S/C20H19FN8O2/c1-10-6-11(2-5-14(10)21)8-22-18-26-16-12(7-15-17(30)27-20(31)25-15)9-23-29(16)19(28-18)24-13-3-4-13/h2,5-7,9,13H,3-4,8H2,1H3,(H2,22,24,26,28)(H2,25,27,30,31)/b15-7-. The third kappa shape index (κ3) is 3.89. The van der Waals surface area contributed by atoms with Gasteiger partial charge in [-0.3, -0.25) is 10.1 Å². The molecular weight excluding hydrogens is 403 g/mol. The lowest BCUT2D eigenvalue weighted by molar-refractivity contribution is -0.115. The number of anilines is 2. The highest BCUT2D eigenvalue weighted by Crippen LogP contribution is 2.26. The van der Waals surface area contributed by atoms with Crippen LogP contribution in [0.4, 0.5) is 21.1 Å². The van der Waals surface area contributed by atoms with Gasteiger partial charge in [0.25, 0.3) is 5.91 Å². The van der Waals surface area contributed by atoms with Crippen LogP contribution in [0, 0.1) is 12.7 Å². The zero-order valence-electron chi connectivity index (χ0n) is 16.6. The van der Waals surface area contributed by atoms with Gasteiger partial charge in [-0.1, -0.05) is 12.1 Å². The molecule has 31 heavy (non-hydrogen) atoms. The van der Waals surface area contributed by atoms with Crippen molar-refractivity contribution in [3.63, 3.8) is 0 Å². The van der Waals surface area contributed by atoms with Crippen LogP contribution in [-0.4, -0.2) is 37.6 Å². The number of benzene rings is 1. The minimum Gasteiger partial charge on any atom is -0.351 e. The molecule has 3 heterocycles. The Morgan fingerprint density at radius 2 is 2.10 bits per heavy atom. The Kier molecular flexibility index (Phi) is 4.50. The quantitative estimate of drug-likeness (QED) is 0.353. The van der Waals surface area contributed by atoms with Crippen molar-refractivity contribution in [3.05, 3.63) is 52.6 Å². The molecule has 158 valence electrons. The number of amides is 3. The lowest BCUT2D eigenvalue weighted by Crippen LogP contribution is -2.22. The van der Waals surface area contributed by atoms with Crippen molar-refractivity contribution in [2.75, 3.05) is 10.6 Å². The van der Waals surface area contributed by atoms with Crippen molar-refractivity contribution < 1.29 is 14.0 Å². The molecule has 2 aliphatic rings. The second-order valence-corrected chi connectivity index (χ2v) is 7.53. The third-order valence-electron chi connectivity index (χ3n) is 5.00. The Morgan fingerprint density at radius 1 is 1.26 bits per heavy atom. The van der Waals surface area contributed by atoms with Crippen LogP contribution in [0.1, 0.15) is 29.5 Å². The van der Waals surface area contributed by atoms with E-state index in [2.05, 4.69) is 36.3 Å². The van der Waals surface area contributed by atoms with Crippen LogP contribution in [0.25, 0.3) is 11.7 Å². The molecule has 0 radical (unpaired) electrons. The summed E-state index contributed by atoms with van der Waals surface area (Å²) >= 11 is 0. The molecule has 0 bridgehead atoms. The van der Waals surface area contributed by atoms with E-state index in [1.807, 2.05) is 0 Å². The second-order valence-electron chi connectivity index (χ2n) is 7.53. The molecule has 1 saturated heterocycles. The van der Waals surface area contributed by atoms with Gasteiger partial charge in [0.05, 0.1) is 6.20 Å². The topological polar surface area (TPSA) is 125 Å². The SMILES string of the molecule is Cc1cc(CNc2nc(NC3CC3)n3ncc(/C=C4\NC(=O)NC4=O)c3n2)ccc1F. The fourth-order valence-corrected chi connectivity index (χ4v) is 3.21. The number of nitrogens with zero attached hydrogens (tertiary/aromatic N) is 4. The van der Waals surface area contributed by atoms with Crippen molar-refractivity contribution in [2.24, 2.45) is 0 Å². The van der Waals surface area contributed by atoms with Gasteiger partial charge in [0.15, 0.2) is 5.65 Å². The van der Waals surface area contributed by atoms with Gasteiger partial charge in [-0.05, 0) is 43.0 Å². The summed E-state index contributed by atoms with van der Waals surface area (Å²) in [5, 5.41) is 15.4. The molecule has 0 atom stereocenters. The summed E-state index contributed by atoms with van der Waals surface area (Å²) in [4.78, 5) is 32.3. The Hall–Kier alpha value is -4.02. The van der Waals surface area contributed by atoms with Gasteiger partial charge in [-0.15, -0.1) is 0 Å². The summed E-state index contributed by atoms with van der Waals surface area (Å²) in [5.41, 5.74) is 2.59. The highest BCUT2D eigenvalue weighted by Gasteiger charge is 2.26. The molecule has 1 aliphatic carbocycles. The molecule has 0 unspecified atom stereocenters. The lowest BCUT2D eigenvalue weighted by Gasteiger charge is -2.11. The Bertz CT molecular complexity index is 1250. The number of fused-ring (bicyclic) bond motifs is 1. The fourth-order valence-electron chi connectivity index (χ4n) is 3.21. The Balaban J connectivity index is 1.48. The number of carbonyl (C=O) groups excluding carboxylic acids is 2. The first-order valence-corrected chi connectivity index (χ1v) is 9.81. The number of halogens is 1. The lowest BCUT2D eigenvalue weighted by atomic mass is 10.1. The third-order valence-corrected chi connectivity index (χ3v) is 5.00. The second kappa shape index (κ2) is 7.35. The van der Waals surface area contributed by atoms with Crippen LogP contribution in [0.15, 0.2) is 30.1 Å². The van der Waals surface area contributed by atoms with E-state index in [0.29, 0.717) is 41.3 Å². The maximum Gasteiger partial charge on any atom is 0.326 e. The van der Waals surface area contributed by atoms with Crippen LogP contribution < -0.4 is 21.3 Å². The number of carbonyl (C=O) groups is 2. The van der Waals surface area contributed by atoms with E-state index in [4.69, 9.17) is 0 Å². The van der Waals surface area contributed by atoms with Crippen molar-refractivity contribution in [1.82, 2.24) is 30.2 Å². The van der Waals surface area contributed by atoms with E-state index in [0.717, 1.165) is 18.4 Å². The molecule has 1 saturated carbocycles. The highest BCUT2D eigenvalue weighted by atomic mass is 19.1. The molecule has 1 aliphatic heterocycles. The monoisotopic (exact) mass is 422 g/mol. The average Bonchev–Trinajstić information content (AvgIpc) is 3.37. The van der Waals surface area contributed by atoms with Crippen molar-refractivity contribution >= 4 is 35.6 Å². The predicted octanol–water partition coefficient (Wildman–Crippen LogP) is 1.94. The van der Waals surface area contributed by atoms with E-state index < -0.39 is 11.9 Å². The summed E-state index contributed by atoms with van der Waals surface area (Å²) in [6, 6.07) is 4.65. The van der Waals surface area contributed by atoms with Crippen molar-refractivity contribution in [3.8, 4) is 0 Å². The van der Waals surface area contributed by atoms with Gasteiger partial charge in [0.1, 0.15) is 11.5 Å². The minimum absolute atomic E-state index is 0.117. The van der Waals surface area contributed by atoms with Gasteiger partial charge < -0.3 is 16.0 Å². The number of aryl methyl sites for hydroxylation is 1. The number of hydrogen-bond donors (Lipinski definition) is 4. The molecule has 5 rings (SSSR count). The van der Waals surface area contributed by atoms with Gasteiger partial charge in [-0.2, -0.15) is 19.6 Å². The van der Waals surface area contributed by atoms with Gasteiger partial charge in [0.2, 0.25) is 11.9 Å². The number of rotatable bonds is 6. The van der Waals surface area contributed by atoms with Gasteiger partial charge in [-0.25, -0.2) is 9.18 Å². The maximum atomic E-state index is 13.5. The van der Waals surface area contributed by atoms with E-state index in [1.54, 1.807) is 29.8 Å². The summed E-state index contributed by atoms with van der Waals surface area (Å²) in [6.07, 6.45) is 5.17. The molecule has 2 aromatic heterocycles. The first kappa shape index (κ1) is 19.0. The highest BCUT2D eigenvalue weighted by molar-refractivity contribution is 6.14. The zero-order valence-corrected chi connectivity index (χ0v) is 16.6. The summed E-state index contributed by atoms with van der Waals surface area (Å²) in [7, 11) is 0. The number of hydrogen-bond acceptors (Lipinski definition) is 7. The number of aromatic nitrogens is 4. The van der Waals surface area contributed by atoms with Crippen molar-refractivity contribution in [2.45, 2.75) is 32.4 Å². The van der Waals surface area contributed by atoms with Crippen molar-refractivity contribution in [1.29, 1.82) is 0 Å². The molecule has 0 spiro atoms. The summed E-state index contributed by atoms with van der Waals surface area (Å²) in [6.45, 7) is 2.12. The summed E-state index contributed by atoms with van der Waals surface area (Å²) in [5.74, 6) is 0.115. The number of urea groups is 1. The van der Waals surface area contributed by atoms with Crippen LogP contribution in [0.3, 0.4) is 0 Å². The average molecular weight is 422 g/mol. The molecule has 11 heteroatoms. The molecule has 2 fully saturated rings. The summed E-state index contributed by atoms with van der Waals surface area (Å²) < 4.78 is 15.1. The predicted molar refractivity (Wildman–Crippen MR) is 111 cm³/mol. The molecular formula is C20H19FN8O2. The van der Waals surface area contributed by atoms with E-state index >= 15 is 0 Å². The van der Waals surface area contributed by atoms with E-state index in [-0.39, 0.29) is 11.5 Å². The van der Waals surface area contributed by atoms with Gasteiger partial charge in [0, 0.05) is 18.2 Å². The Labute approximate surface area is 176 Å². The first-order chi connectivity index (χ1) is 15.0.